The average molecular weight is 495 g/mol. The van der Waals surface area contributed by atoms with E-state index in [4.69, 9.17) is 49.0 Å². The molecule has 168 valence electrons. The summed E-state index contributed by atoms with van der Waals surface area (Å²) in [5.41, 5.74) is 2.96. The quantitative estimate of drug-likeness (QED) is 0.324. The van der Waals surface area contributed by atoms with Crippen LogP contribution >= 0.6 is 34.8 Å². The van der Waals surface area contributed by atoms with E-state index in [0.29, 0.717) is 45.3 Å². The van der Waals surface area contributed by atoms with E-state index in [-0.39, 0.29) is 12.6 Å². The number of anilines is 1. The minimum absolute atomic E-state index is 0.243. The van der Waals surface area contributed by atoms with E-state index in [1.165, 1.54) is 0 Å². The van der Waals surface area contributed by atoms with Gasteiger partial charge in [-0.1, -0.05) is 40.9 Å². The molecule has 0 aliphatic rings. The molecule has 0 saturated carbocycles. The second-order valence-corrected chi connectivity index (χ2v) is 8.02. The summed E-state index contributed by atoms with van der Waals surface area (Å²) in [5.74, 6) is 0.710. The van der Waals surface area contributed by atoms with Crippen molar-refractivity contribution in [2.45, 2.75) is 20.1 Å². The largest absolute Gasteiger partial charge is 0.493 e. The van der Waals surface area contributed by atoms with E-state index in [0.717, 1.165) is 16.8 Å². The maximum atomic E-state index is 11.8. The molecular weight excluding hydrogens is 473 g/mol. The highest BCUT2D eigenvalue weighted by molar-refractivity contribution is 6.35. The number of benzene rings is 3. The summed E-state index contributed by atoms with van der Waals surface area (Å²) >= 11 is 18.6. The van der Waals surface area contributed by atoms with Crippen molar-refractivity contribution in [3.05, 3.63) is 86.4 Å². The van der Waals surface area contributed by atoms with Gasteiger partial charge in [-0.05, 0) is 55.0 Å². The second-order valence-electron chi connectivity index (χ2n) is 6.77. The number of ether oxygens (including phenoxy) is 3. The number of hydrogen-bond acceptors (Lipinski definition) is 5. The molecule has 3 aromatic rings. The molecule has 1 N–H and O–H groups in total. The fraction of sp³-hybridized carbons (Fsp3) is 0.208. The molecule has 0 unspecified atom stereocenters. The molecule has 0 bridgehead atoms. The van der Waals surface area contributed by atoms with Gasteiger partial charge in [-0.2, -0.15) is 0 Å². The minimum Gasteiger partial charge on any atom is -0.493 e. The lowest BCUT2D eigenvalue weighted by atomic mass is 10.1. The van der Waals surface area contributed by atoms with Gasteiger partial charge in [-0.25, -0.2) is 4.79 Å². The van der Waals surface area contributed by atoms with Crippen LogP contribution in [0, 0.1) is 0 Å². The Kier molecular flexibility index (Phi) is 8.51. The summed E-state index contributed by atoms with van der Waals surface area (Å²) in [6, 6.07) is 15.8. The van der Waals surface area contributed by atoms with Crippen LogP contribution in [-0.2, 0) is 17.9 Å². The Morgan fingerprint density at radius 2 is 1.62 bits per heavy atom. The number of nitrogens with one attached hydrogen (secondary N) is 1. The normalized spacial score (nSPS) is 10.5. The van der Waals surface area contributed by atoms with Crippen molar-refractivity contribution in [1.82, 2.24) is 0 Å². The Hall–Kier alpha value is -2.60. The molecule has 3 rings (SSSR count). The zero-order chi connectivity index (χ0) is 23.1. The van der Waals surface area contributed by atoms with Crippen LogP contribution in [-0.4, -0.2) is 19.7 Å². The second kappa shape index (κ2) is 11.3. The molecule has 3 aromatic carbocycles. The predicted molar refractivity (Wildman–Crippen MR) is 129 cm³/mol. The molecular formula is C24H22Cl3NO4. The lowest BCUT2D eigenvalue weighted by molar-refractivity contribution is 0.0526. The van der Waals surface area contributed by atoms with Crippen LogP contribution in [0.15, 0.2) is 54.6 Å². The Balaban J connectivity index is 1.67. The molecule has 0 heterocycles. The molecule has 0 aromatic heterocycles. The van der Waals surface area contributed by atoms with E-state index < -0.39 is 0 Å². The number of methoxy groups -OCH3 is 1. The van der Waals surface area contributed by atoms with E-state index in [2.05, 4.69) is 5.32 Å². The van der Waals surface area contributed by atoms with Crippen molar-refractivity contribution < 1.29 is 19.0 Å². The highest BCUT2D eigenvalue weighted by atomic mass is 35.5. The first-order valence-corrected chi connectivity index (χ1v) is 11.0. The smallest absolute Gasteiger partial charge is 0.338 e. The average Bonchev–Trinajstić information content (AvgIpc) is 2.78. The molecule has 0 aliphatic heterocycles. The van der Waals surface area contributed by atoms with Crippen molar-refractivity contribution in [3.8, 4) is 11.5 Å². The van der Waals surface area contributed by atoms with E-state index in [1.54, 1.807) is 44.4 Å². The molecule has 0 radical (unpaired) electrons. The third-order valence-electron chi connectivity index (χ3n) is 4.61. The number of halogens is 3. The van der Waals surface area contributed by atoms with Crippen molar-refractivity contribution in [1.29, 1.82) is 0 Å². The van der Waals surface area contributed by atoms with Crippen LogP contribution in [0.4, 0.5) is 5.69 Å². The molecule has 0 aliphatic carbocycles. The lowest BCUT2D eigenvalue weighted by Crippen LogP contribution is -2.05. The monoisotopic (exact) mass is 493 g/mol. The standard InChI is InChI=1S/C24H22Cl3NO4/c1-3-31-24(29)15-5-8-19(9-6-15)28-13-17-10-22(30-2)23(12-21(17)27)32-14-16-4-7-18(25)11-20(16)26/h4-12,28H,3,13-14H2,1-2H3. The summed E-state index contributed by atoms with van der Waals surface area (Å²) in [6.45, 7) is 2.81. The Morgan fingerprint density at radius 1 is 0.906 bits per heavy atom. The van der Waals surface area contributed by atoms with Gasteiger partial charge in [0.05, 0.1) is 19.3 Å². The first-order valence-electron chi connectivity index (χ1n) is 9.85. The number of carbonyl (C=O) groups is 1. The Bertz CT molecular complexity index is 1090. The summed E-state index contributed by atoms with van der Waals surface area (Å²) in [7, 11) is 1.57. The van der Waals surface area contributed by atoms with Gasteiger partial charge in [0.25, 0.3) is 0 Å². The van der Waals surface area contributed by atoms with Gasteiger partial charge in [0.15, 0.2) is 11.5 Å². The van der Waals surface area contributed by atoms with Crippen LogP contribution in [0.1, 0.15) is 28.4 Å². The molecule has 32 heavy (non-hydrogen) atoms. The van der Waals surface area contributed by atoms with Crippen molar-refractivity contribution >= 4 is 46.5 Å². The van der Waals surface area contributed by atoms with Crippen LogP contribution in [0.25, 0.3) is 0 Å². The summed E-state index contributed by atoms with van der Waals surface area (Å²) in [4.78, 5) is 11.8. The summed E-state index contributed by atoms with van der Waals surface area (Å²) in [5, 5.41) is 4.89. The zero-order valence-electron chi connectivity index (χ0n) is 17.6. The van der Waals surface area contributed by atoms with Gasteiger partial charge in [0.1, 0.15) is 6.61 Å². The topological polar surface area (TPSA) is 56.8 Å². The zero-order valence-corrected chi connectivity index (χ0v) is 19.9. The predicted octanol–water partition coefficient (Wildman–Crippen LogP) is 7.02. The number of hydrogen-bond donors (Lipinski definition) is 1. The van der Waals surface area contributed by atoms with Crippen LogP contribution in [0.3, 0.4) is 0 Å². The highest BCUT2D eigenvalue weighted by Crippen LogP contribution is 2.35. The van der Waals surface area contributed by atoms with Gasteiger partial charge in [0.2, 0.25) is 0 Å². The van der Waals surface area contributed by atoms with Gasteiger partial charge >= 0.3 is 5.97 Å². The molecule has 5 nitrogen and oxygen atoms in total. The maximum absolute atomic E-state index is 11.8. The van der Waals surface area contributed by atoms with Crippen molar-refractivity contribution in [2.75, 3.05) is 19.0 Å². The first kappa shape index (κ1) is 24.1. The van der Waals surface area contributed by atoms with Crippen molar-refractivity contribution in [2.24, 2.45) is 0 Å². The first-order chi connectivity index (χ1) is 15.4. The van der Waals surface area contributed by atoms with Gasteiger partial charge in [-0.3, -0.25) is 0 Å². The Morgan fingerprint density at radius 3 is 2.28 bits per heavy atom. The number of carbonyl (C=O) groups excluding carboxylic acids is 1. The summed E-state index contributed by atoms with van der Waals surface area (Å²) < 4.78 is 16.4. The van der Waals surface area contributed by atoms with Gasteiger partial charge < -0.3 is 19.5 Å². The fourth-order valence-electron chi connectivity index (χ4n) is 2.92. The molecule has 0 fully saturated rings. The van der Waals surface area contributed by atoms with Gasteiger partial charge in [0, 0.05) is 38.9 Å². The lowest BCUT2D eigenvalue weighted by Gasteiger charge is -2.15. The van der Waals surface area contributed by atoms with Crippen LogP contribution in [0.2, 0.25) is 15.1 Å². The Labute approximate surface area is 202 Å². The minimum atomic E-state index is -0.345. The van der Waals surface area contributed by atoms with E-state index >= 15 is 0 Å². The fourth-order valence-corrected chi connectivity index (χ4v) is 3.60. The number of rotatable bonds is 9. The third kappa shape index (κ3) is 6.22. The molecule has 0 saturated heterocycles. The highest BCUT2D eigenvalue weighted by Gasteiger charge is 2.12. The molecule has 8 heteroatoms. The summed E-state index contributed by atoms with van der Waals surface area (Å²) in [6.07, 6.45) is 0. The van der Waals surface area contributed by atoms with E-state index in [9.17, 15) is 4.79 Å². The molecule has 0 spiro atoms. The van der Waals surface area contributed by atoms with Crippen LogP contribution in [0.5, 0.6) is 11.5 Å². The molecule has 0 amide bonds. The van der Waals surface area contributed by atoms with Crippen molar-refractivity contribution in [3.63, 3.8) is 0 Å². The van der Waals surface area contributed by atoms with Crippen LogP contribution < -0.4 is 14.8 Å². The number of esters is 1. The maximum Gasteiger partial charge on any atom is 0.338 e. The van der Waals surface area contributed by atoms with Gasteiger partial charge in [-0.15, -0.1) is 0 Å². The molecule has 0 atom stereocenters. The SMILES string of the molecule is CCOC(=O)c1ccc(NCc2cc(OC)c(OCc3ccc(Cl)cc3Cl)cc2Cl)cc1. The third-order valence-corrected chi connectivity index (χ3v) is 5.55. The van der Waals surface area contributed by atoms with E-state index in [1.807, 2.05) is 24.3 Å².